The number of alkyl halides is 3. The van der Waals surface area contributed by atoms with E-state index in [4.69, 9.17) is 0 Å². The second kappa shape index (κ2) is 5.07. The number of hydrogen-bond donors (Lipinski definition) is 1. The predicted molar refractivity (Wildman–Crippen MR) is 57.1 cm³/mol. The van der Waals surface area contributed by atoms with E-state index in [1.807, 2.05) is 0 Å². The van der Waals surface area contributed by atoms with Crippen molar-refractivity contribution in [1.82, 2.24) is 0 Å². The van der Waals surface area contributed by atoms with Gasteiger partial charge < -0.3 is 10.1 Å². The van der Waals surface area contributed by atoms with Crippen LogP contribution in [0.25, 0.3) is 0 Å². The van der Waals surface area contributed by atoms with Crippen LogP contribution in [0.15, 0.2) is 18.2 Å². The van der Waals surface area contributed by atoms with Crippen molar-refractivity contribution in [2.45, 2.75) is 20.0 Å². The highest BCUT2D eigenvalue weighted by Crippen LogP contribution is 2.37. The highest BCUT2D eigenvalue weighted by molar-refractivity contribution is 5.89. The zero-order valence-electron chi connectivity index (χ0n) is 9.59. The standard InChI is InChI=1S/C11H10F3NO3/c1-6(16)15-10-4-3-8(18-7(2)17)5-9(10)11(12,13)14/h3-5H,1-2H3,(H,15,16). The smallest absolute Gasteiger partial charge is 0.418 e. The average molecular weight is 261 g/mol. The molecule has 0 aliphatic rings. The van der Waals surface area contributed by atoms with Gasteiger partial charge in [-0.1, -0.05) is 0 Å². The molecule has 98 valence electrons. The molecule has 1 amide bonds. The number of esters is 1. The first-order chi connectivity index (χ1) is 8.20. The Morgan fingerprint density at radius 2 is 1.83 bits per heavy atom. The minimum Gasteiger partial charge on any atom is -0.427 e. The molecule has 0 unspecified atom stereocenters. The maximum atomic E-state index is 12.7. The van der Waals surface area contributed by atoms with Crippen LogP contribution in [0.5, 0.6) is 5.75 Å². The first-order valence-electron chi connectivity index (χ1n) is 4.87. The fraction of sp³-hybridized carbons (Fsp3) is 0.273. The molecule has 0 spiro atoms. The van der Waals surface area contributed by atoms with Crippen molar-refractivity contribution in [2.75, 3.05) is 5.32 Å². The zero-order valence-corrected chi connectivity index (χ0v) is 9.59. The van der Waals surface area contributed by atoms with Crippen LogP contribution >= 0.6 is 0 Å². The van der Waals surface area contributed by atoms with E-state index in [0.717, 1.165) is 19.9 Å². The topological polar surface area (TPSA) is 55.4 Å². The monoisotopic (exact) mass is 261 g/mol. The molecule has 0 aliphatic carbocycles. The van der Waals surface area contributed by atoms with Crippen molar-refractivity contribution in [2.24, 2.45) is 0 Å². The Morgan fingerprint density at radius 1 is 1.22 bits per heavy atom. The molecule has 18 heavy (non-hydrogen) atoms. The second-order valence-electron chi connectivity index (χ2n) is 3.48. The van der Waals surface area contributed by atoms with E-state index in [9.17, 15) is 22.8 Å². The number of hydrogen-bond acceptors (Lipinski definition) is 3. The molecule has 0 saturated carbocycles. The molecule has 0 bridgehead atoms. The van der Waals surface area contributed by atoms with Gasteiger partial charge in [0, 0.05) is 13.8 Å². The summed E-state index contributed by atoms with van der Waals surface area (Å²) in [6.07, 6.45) is -4.66. The van der Waals surface area contributed by atoms with Gasteiger partial charge >= 0.3 is 12.1 Å². The second-order valence-corrected chi connectivity index (χ2v) is 3.48. The van der Waals surface area contributed by atoms with Crippen LogP contribution in [0.4, 0.5) is 18.9 Å². The Labute approximate surface area is 101 Å². The first-order valence-corrected chi connectivity index (χ1v) is 4.87. The molecule has 0 fully saturated rings. The number of nitrogens with one attached hydrogen (secondary N) is 1. The van der Waals surface area contributed by atoms with Crippen LogP contribution in [-0.4, -0.2) is 11.9 Å². The molecule has 1 aromatic carbocycles. The maximum absolute atomic E-state index is 12.7. The Morgan fingerprint density at radius 3 is 2.28 bits per heavy atom. The van der Waals surface area contributed by atoms with Gasteiger partial charge in [0.1, 0.15) is 5.75 Å². The molecule has 0 atom stereocenters. The van der Waals surface area contributed by atoms with Crippen LogP contribution in [-0.2, 0) is 15.8 Å². The number of ether oxygens (including phenoxy) is 1. The molecule has 0 aliphatic heterocycles. The summed E-state index contributed by atoms with van der Waals surface area (Å²) in [6.45, 7) is 2.18. The molecule has 4 nitrogen and oxygen atoms in total. The molecule has 1 aromatic rings. The number of carbonyl (C=O) groups excluding carboxylic acids is 2. The quantitative estimate of drug-likeness (QED) is 0.657. The summed E-state index contributed by atoms with van der Waals surface area (Å²) in [4.78, 5) is 21.5. The van der Waals surface area contributed by atoms with E-state index in [1.54, 1.807) is 0 Å². The van der Waals surface area contributed by atoms with E-state index in [0.29, 0.717) is 6.07 Å². The summed E-state index contributed by atoms with van der Waals surface area (Å²) < 4.78 is 42.7. The van der Waals surface area contributed by atoms with Crippen molar-refractivity contribution in [3.05, 3.63) is 23.8 Å². The van der Waals surface area contributed by atoms with E-state index in [1.165, 1.54) is 6.07 Å². The lowest BCUT2D eigenvalue weighted by atomic mass is 10.1. The Bertz CT molecular complexity index is 483. The van der Waals surface area contributed by atoms with E-state index >= 15 is 0 Å². The van der Waals surface area contributed by atoms with Gasteiger partial charge in [-0.3, -0.25) is 9.59 Å². The Kier molecular flexibility index (Phi) is 3.95. The van der Waals surface area contributed by atoms with E-state index in [-0.39, 0.29) is 11.4 Å². The normalized spacial score (nSPS) is 10.9. The summed E-state index contributed by atoms with van der Waals surface area (Å²) >= 11 is 0. The van der Waals surface area contributed by atoms with Crippen LogP contribution in [0, 0.1) is 0 Å². The van der Waals surface area contributed by atoms with E-state index in [2.05, 4.69) is 10.1 Å². The third kappa shape index (κ3) is 3.76. The average Bonchev–Trinajstić information content (AvgIpc) is 2.17. The van der Waals surface area contributed by atoms with Gasteiger partial charge in [-0.05, 0) is 18.2 Å². The lowest BCUT2D eigenvalue weighted by Crippen LogP contribution is -2.14. The highest BCUT2D eigenvalue weighted by atomic mass is 19.4. The first kappa shape index (κ1) is 14.0. The summed E-state index contributed by atoms with van der Waals surface area (Å²) in [5.41, 5.74) is -1.46. The van der Waals surface area contributed by atoms with Gasteiger partial charge in [-0.2, -0.15) is 13.2 Å². The minimum atomic E-state index is -4.66. The largest absolute Gasteiger partial charge is 0.427 e. The Balaban J connectivity index is 3.20. The van der Waals surface area contributed by atoms with Crippen LogP contribution in [0.2, 0.25) is 0 Å². The lowest BCUT2D eigenvalue weighted by molar-refractivity contribution is -0.138. The third-order valence-corrected chi connectivity index (χ3v) is 1.87. The molecule has 0 saturated heterocycles. The predicted octanol–water partition coefficient (Wildman–Crippen LogP) is 2.59. The zero-order chi connectivity index (χ0) is 13.9. The number of carbonyl (C=O) groups is 2. The summed E-state index contributed by atoms with van der Waals surface area (Å²) in [6, 6.07) is 2.86. The van der Waals surface area contributed by atoms with Crippen molar-refractivity contribution in [1.29, 1.82) is 0 Å². The fourth-order valence-corrected chi connectivity index (χ4v) is 1.29. The molecule has 1 rings (SSSR count). The van der Waals surface area contributed by atoms with Crippen molar-refractivity contribution < 1.29 is 27.5 Å². The number of benzene rings is 1. The number of halogens is 3. The SMILES string of the molecule is CC(=O)Nc1ccc(OC(C)=O)cc1C(F)(F)F. The summed E-state index contributed by atoms with van der Waals surface area (Å²) in [5.74, 6) is -1.58. The van der Waals surface area contributed by atoms with Crippen LogP contribution < -0.4 is 10.1 Å². The molecule has 0 aromatic heterocycles. The Hall–Kier alpha value is -2.05. The van der Waals surface area contributed by atoms with Gasteiger partial charge in [-0.15, -0.1) is 0 Å². The molecule has 1 N–H and O–H groups in total. The van der Waals surface area contributed by atoms with Gasteiger partial charge in [-0.25, -0.2) is 0 Å². The van der Waals surface area contributed by atoms with Crippen molar-refractivity contribution in [3.63, 3.8) is 0 Å². The van der Waals surface area contributed by atoms with Gasteiger partial charge in [0.25, 0.3) is 0 Å². The van der Waals surface area contributed by atoms with Gasteiger partial charge in [0.05, 0.1) is 11.3 Å². The summed E-state index contributed by atoms with van der Waals surface area (Å²) in [7, 11) is 0. The molecular weight excluding hydrogens is 251 g/mol. The lowest BCUT2D eigenvalue weighted by Gasteiger charge is -2.14. The van der Waals surface area contributed by atoms with E-state index < -0.39 is 23.6 Å². The van der Waals surface area contributed by atoms with Crippen molar-refractivity contribution >= 4 is 17.6 Å². The molecular formula is C11H10F3NO3. The molecule has 0 radical (unpaired) electrons. The molecule has 0 heterocycles. The number of rotatable bonds is 2. The van der Waals surface area contributed by atoms with Gasteiger partial charge in [0.2, 0.25) is 5.91 Å². The van der Waals surface area contributed by atoms with Crippen molar-refractivity contribution in [3.8, 4) is 5.75 Å². The maximum Gasteiger partial charge on any atom is 0.418 e. The third-order valence-electron chi connectivity index (χ3n) is 1.87. The number of amides is 1. The van der Waals surface area contributed by atoms with Gasteiger partial charge in [0.15, 0.2) is 0 Å². The number of anilines is 1. The minimum absolute atomic E-state index is 0.232. The fourth-order valence-electron chi connectivity index (χ4n) is 1.29. The molecule has 7 heteroatoms. The summed E-state index contributed by atoms with van der Waals surface area (Å²) in [5, 5.41) is 2.06. The van der Waals surface area contributed by atoms with Crippen LogP contribution in [0.3, 0.4) is 0 Å². The highest BCUT2D eigenvalue weighted by Gasteiger charge is 2.34. The van der Waals surface area contributed by atoms with Crippen LogP contribution in [0.1, 0.15) is 19.4 Å².